The number of likely N-dealkylation sites (tertiary alicyclic amines) is 1. The van der Waals surface area contributed by atoms with Crippen molar-refractivity contribution in [2.24, 2.45) is 11.7 Å². The minimum Gasteiger partial charge on any atom is -0.326 e. The molecule has 1 aliphatic heterocycles. The lowest BCUT2D eigenvalue weighted by atomic mass is 9.90. The Morgan fingerprint density at radius 2 is 1.87 bits per heavy atom. The topological polar surface area (TPSA) is 29.3 Å². The second kappa shape index (κ2) is 4.84. The highest BCUT2D eigenvalue weighted by Crippen LogP contribution is 2.31. The molecule has 0 aromatic rings. The van der Waals surface area contributed by atoms with Gasteiger partial charge in [0, 0.05) is 18.1 Å². The van der Waals surface area contributed by atoms with E-state index in [-0.39, 0.29) is 0 Å². The zero-order chi connectivity index (χ0) is 10.8. The molecular formula is C13H26N2. The number of piperidine rings is 1. The van der Waals surface area contributed by atoms with Crippen LogP contribution in [0.1, 0.15) is 52.4 Å². The van der Waals surface area contributed by atoms with Crippen LogP contribution >= 0.6 is 0 Å². The van der Waals surface area contributed by atoms with Gasteiger partial charge in [-0.25, -0.2) is 0 Å². The number of nitrogens with two attached hydrogens (primary N) is 1. The third-order valence-corrected chi connectivity index (χ3v) is 4.32. The van der Waals surface area contributed by atoms with Crippen molar-refractivity contribution < 1.29 is 0 Å². The molecule has 2 heteroatoms. The molecule has 88 valence electrons. The third-order valence-electron chi connectivity index (χ3n) is 4.32. The monoisotopic (exact) mass is 210 g/mol. The maximum absolute atomic E-state index is 6.23. The molecule has 0 spiro atoms. The summed E-state index contributed by atoms with van der Waals surface area (Å²) < 4.78 is 0. The minimum atomic E-state index is 0.448. The zero-order valence-corrected chi connectivity index (χ0v) is 10.3. The van der Waals surface area contributed by atoms with Gasteiger partial charge in [-0.15, -0.1) is 0 Å². The fourth-order valence-corrected chi connectivity index (χ4v) is 3.49. The molecule has 0 bridgehead atoms. The Morgan fingerprint density at radius 3 is 2.47 bits per heavy atom. The van der Waals surface area contributed by atoms with Crippen LogP contribution in [0.5, 0.6) is 0 Å². The van der Waals surface area contributed by atoms with E-state index >= 15 is 0 Å². The SMILES string of the molecule is CC(C)C1CCCCN1C1CCCC1N. The van der Waals surface area contributed by atoms with Gasteiger partial charge < -0.3 is 5.73 Å². The van der Waals surface area contributed by atoms with E-state index < -0.39 is 0 Å². The van der Waals surface area contributed by atoms with Gasteiger partial charge in [-0.2, -0.15) is 0 Å². The summed E-state index contributed by atoms with van der Waals surface area (Å²) in [6, 6.07) is 1.94. The molecule has 2 rings (SSSR count). The lowest BCUT2D eigenvalue weighted by molar-refractivity contribution is 0.0617. The summed E-state index contributed by atoms with van der Waals surface area (Å²) in [5.41, 5.74) is 6.23. The normalized spacial score (nSPS) is 38.8. The van der Waals surface area contributed by atoms with E-state index in [2.05, 4.69) is 18.7 Å². The lowest BCUT2D eigenvalue weighted by Gasteiger charge is -2.43. The summed E-state index contributed by atoms with van der Waals surface area (Å²) in [4.78, 5) is 2.74. The summed E-state index contributed by atoms with van der Waals surface area (Å²) in [7, 11) is 0. The van der Waals surface area contributed by atoms with Crippen LogP contribution in [0.4, 0.5) is 0 Å². The van der Waals surface area contributed by atoms with Crippen LogP contribution in [-0.4, -0.2) is 29.6 Å². The highest BCUT2D eigenvalue weighted by atomic mass is 15.2. The predicted octanol–water partition coefficient (Wildman–Crippen LogP) is 2.38. The Kier molecular flexibility index (Phi) is 3.68. The first-order valence-electron chi connectivity index (χ1n) is 6.71. The van der Waals surface area contributed by atoms with Crippen molar-refractivity contribution in [3.63, 3.8) is 0 Å². The minimum absolute atomic E-state index is 0.448. The third kappa shape index (κ3) is 2.36. The molecule has 0 radical (unpaired) electrons. The first-order valence-corrected chi connectivity index (χ1v) is 6.71. The van der Waals surface area contributed by atoms with Gasteiger partial charge in [-0.05, 0) is 38.1 Å². The van der Waals surface area contributed by atoms with Crippen LogP contribution in [0.3, 0.4) is 0 Å². The smallest absolute Gasteiger partial charge is 0.0250 e. The van der Waals surface area contributed by atoms with E-state index in [4.69, 9.17) is 5.73 Å². The Hall–Kier alpha value is -0.0800. The van der Waals surface area contributed by atoms with E-state index in [0.717, 1.165) is 12.0 Å². The van der Waals surface area contributed by atoms with Crippen LogP contribution in [0.25, 0.3) is 0 Å². The van der Waals surface area contributed by atoms with Crippen LogP contribution in [0.2, 0.25) is 0 Å². The van der Waals surface area contributed by atoms with E-state index in [1.165, 1.54) is 45.1 Å². The molecule has 2 N–H and O–H groups in total. The molecule has 1 saturated heterocycles. The fraction of sp³-hybridized carbons (Fsp3) is 1.00. The Morgan fingerprint density at radius 1 is 1.07 bits per heavy atom. The number of nitrogens with zero attached hydrogens (tertiary/aromatic N) is 1. The second-order valence-electron chi connectivity index (χ2n) is 5.71. The van der Waals surface area contributed by atoms with Gasteiger partial charge in [0.25, 0.3) is 0 Å². The van der Waals surface area contributed by atoms with Crippen LogP contribution in [-0.2, 0) is 0 Å². The molecule has 1 aliphatic carbocycles. The first kappa shape index (κ1) is 11.4. The molecule has 0 aromatic carbocycles. The molecule has 2 fully saturated rings. The summed E-state index contributed by atoms with van der Waals surface area (Å²) in [6.07, 6.45) is 8.11. The average molecular weight is 210 g/mol. The first-order chi connectivity index (χ1) is 7.20. The van der Waals surface area contributed by atoms with E-state index in [1.54, 1.807) is 0 Å². The molecule has 3 unspecified atom stereocenters. The highest BCUT2D eigenvalue weighted by Gasteiger charge is 2.35. The summed E-state index contributed by atoms with van der Waals surface area (Å²) in [5, 5.41) is 0. The fourth-order valence-electron chi connectivity index (χ4n) is 3.49. The predicted molar refractivity (Wildman–Crippen MR) is 64.8 cm³/mol. The van der Waals surface area contributed by atoms with E-state index in [9.17, 15) is 0 Å². The molecule has 15 heavy (non-hydrogen) atoms. The second-order valence-corrected chi connectivity index (χ2v) is 5.71. The largest absolute Gasteiger partial charge is 0.326 e. The molecule has 1 heterocycles. The Labute approximate surface area is 94.2 Å². The van der Waals surface area contributed by atoms with Crippen molar-refractivity contribution >= 4 is 0 Å². The molecule has 2 nitrogen and oxygen atoms in total. The van der Waals surface area contributed by atoms with Gasteiger partial charge >= 0.3 is 0 Å². The summed E-state index contributed by atoms with van der Waals surface area (Å²) >= 11 is 0. The highest BCUT2D eigenvalue weighted by molar-refractivity contribution is 4.93. The van der Waals surface area contributed by atoms with E-state index in [0.29, 0.717) is 12.1 Å². The Bertz CT molecular complexity index is 201. The number of hydrogen-bond acceptors (Lipinski definition) is 2. The van der Waals surface area contributed by atoms with Gasteiger partial charge in [0.05, 0.1) is 0 Å². The molecule has 1 saturated carbocycles. The quantitative estimate of drug-likeness (QED) is 0.758. The maximum atomic E-state index is 6.23. The van der Waals surface area contributed by atoms with Crippen molar-refractivity contribution in [1.29, 1.82) is 0 Å². The van der Waals surface area contributed by atoms with Gasteiger partial charge in [0.15, 0.2) is 0 Å². The standard InChI is InChI=1S/C13H26N2/c1-10(2)12-7-3-4-9-15(12)13-8-5-6-11(13)14/h10-13H,3-9,14H2,1-2H3. The zero-order valence-electron chi connectivity index (χ0n) is 10.3. The molecule has 0 amide bonds. The van der Waals surface area contributed by atoms with Gasteiger partial charge in [0.1, 0.15) is 0 Å². The van der Waals surface area contributed by atoms with E-state index in [1.807, 2.05) is 0 Å². The van der Waals surface area contributed by atoms with Gasteiger partial charge in [-0.1, -0.05) is 26.7 Å². The van der Waals surface area contributed by atoms with Crippen molar-refractivity contribution in [3.8, 4) is 0 Å². The number of hydrogen-bond donors (Lipinski definition) is 1. The molecule has 3 atom stereocenters. The Balaban J connectivity index is 2.03. The molecular weight excluding hydrogens is 184 g/mol. The molecule has 2 aliphatic rings. The van der Waals surface area contributed by atoms with Crippen LogP contribution < -0.4 is 5.73 Å². The maximum Gasteiger partial charge on any atom is 0.0250 e. The van der Waals surface area contributed by atoms with Crippen molar-refractivity contribution in [3.05, 3.63) is 0 Å². The van der Waals surface area contributed by atoms with Gasteiger partial charge in [0.2, 0.25) is 0 Å². The molecule has 0 aromatic heterocycles. The van der Waals surface area contributed by atoms with Crippen LogP contribution in [0, 0.1) is 5.92 Å². The van der Waals surface area contributed by atoms with Crippen molar-refractivity contribution in [2.75, 3.05) is 6.54 Å². The summed E-state index contributed by atoms with van der Waals surface area (Å²) in [5.74, 6) is 0.790. The average Bonchev–Trinajstić information content (AvgIpc) is 2.64. The van der Waals surface area contributed by atoms with Crippen LogP contribution in [0.15, 0.2) is 0 Å². The number of rotatable bonds is 2. The van der Waals surface area contributed by atoms with Crippen molar-refractivity contribution in [1.82, 2.24) is 4.90 Å². The van der Waals surface area contributed by atoms with Gasteiger partial charge in [-0.3, -0.25) is 4.90 Å². The van der Waals surface area contributed by atoms with Crippen molar-refractivity contribution in [2.45, 2.75) is 70.5 Å². The lowest BCUT2D eigenvalue weighted by Crippen LogP contribution is -2.53. The summed E-state index contributed by atoms with van der Waals surface area (Å²) in [6.45, 7) is 6.02.